The van der Waals surface area contributed by atoms with E-state index in [-0.39, 0.29) is 12.4 Å². The predicted molar refractivity (Wildman–Crippen MR) is 104 cm³/mol. The van der Waals surface area contributed by atoms with Gasteiger partial charge in [-0.25, -0.2) is 0 Å². The van der Waals surface area contributed by atoms with Crippen LogP contribution in [-0.2, 0) is 0 Å². The molecule has 0 spiro atoms. The van der Waals surface area contributed by atoms with E-state index in [2.05, 4.69) is 21.0 Å². The second-order valence-electron chi connectivity index (χ2n) is 8.06. The van der Waals surface area contributed by atoms with Crippen LogP contribution >= 0.6 is 0 Å². The Morgan fingerprint density at radius 2 is 0.875 bits per heavy atom. The van der Waals surface area contributed by atoms with Crippen LogP contribution in [0.1, 0.15) is 103 Å². The van der Waals surface area contributed by atoms with Gasteiger partial charge in [-0.3, -0.25) is 0 Å². The van der Waals surface area contributed by atoms with Crippen LogP contribution in [0.15, 0.2) is 0 Å². The summed E-state index contributed by atoms with van der Waals surface area (Å²) in [6.07, 6.45) is 21.4. The highest BCUT2D eigenvalue weighted by Gasteiger charge is 2.12. The number of likely N-dealkylation sites (N-methyl/N-ethyl adjacent to an activating group) is 1. The molecule has 1 N–H and O–H groups in total. The fourth-order valence-corrected chi connectivity index (χ4v) is 3.29. The minimum atomic E-state index is 0. The van der Waals surface area contributed by atoms with Crippen molar-refractivity contribution in [2.75, 3.05) is 33.8 Å². The Bertz CT molecular complexity index is 234. The Labute approximate surface area is 159 Å². The molecule has 0 saturated carbocycles. The topological polar surface area (TPSA) is 20.2 Å². The second-order valence-corrected chi connectivity index (χ2v) is 8.06. The predicted octanol–water partition coefficient (Wildman–Crippen LogP) is 2.93. The molecule has 24 heavy (non-hydrogen) atoms. The Morgan fingerprint density at radius 3 is 1.21 bits per heavy atom. The first kappa shape index (κ1) is 26.4. The second kappa shape index (κ2) is 19.5. The summed E-state index contributed by atoms with van der Waals surface area (Å²) in [6.45, 7) is 4.69. The molecule has 0 aliphatic rings. The van der Waals surface area contributed by atoms with E-state index >= 15 is 0 Å². The molecule has 0 aliphatic heterocycles. The van der Waals surface area contributed by atoms with Gasteiger partial charge in [0.05, 0.1) is 27.2 Å². The number of unbranched alkanes of at least 4 members (excludes halogenated alkanes) is 14. The van der Waals surface area contributed by atoms with E-state index < -0.39 is 0 Å². The molecule has 0 fully saturated rings. The lowest BCUT2D eigenvalue weighted by atomic mass is 10.0. The van der Waals surface area contributed by atoms with E-state index in [4.69, 9.17) is 5.11 Å². The van der Waals surface area contributed by atoms with Gasteiger partial charge in [-0.05, 0) is 12.8 Å². The number of hydrogen-bond donors (Lipinski definition) is 1. The minimum Gasteiger partial charge on any atom is -1.00 e. The highest BCUT2D eigenvalue weighted by molar-refractivity contribution is 4.49. The van der Waals surface area contributed by atoms with Crippen LogP contribution in [0.2, 0.25) is 0 Å². The number of aliphatic hydroxyl groups excluding tert-OH is 1. The standard InChI is InChI=1S/C21H46NO.ClH/c1-4-5-6-7-8-9-10-11-12-13-14-15-16-17-18-19-22(2,3)20-21-23;/h23H,4-21H2,1-3H3;1H/q+1;/p-1. The van der Waals surface area contributed by atoms with Crippen LogP contribution in [-0.4, -0.2) is 43.4 Å². The first-order valence-corrected chi connectivity index (χ1v) is 10.6. The number of rotatable bonds is 18. The lowest BCUT2D eigenvalue weighted by molar-refractivity contribution is -0.890. The highest BCUT2D eigenvalue weighted by Crippen LogP contribution is 2.13. The Kier molecular flexibility index (Phi) is 21.5. The van der Waals surface area contributed by atoms with Crippen molar-refractivity contribution >= 4 is 0 Å². The van der Waals surface area contributed by atoms with Crippen molar-refractivity contribution in [2.45, 2.75) is 103 Å². The maximum Gasteiger partial charge on any atom is 0.102 e. The molecule has 0 atom stereocenters. The number of quaternary nitrogens is 1. The van der Waals surface area contributed by atoms with Gasteiger partial charge in [0.1, 0.15) is 6.54 Å². The first-order chi connectivity index (χ1) is 11.1. The van der Waals surface area contributed by atoms with E-state index in [1.807, 2.05) is 0 Å². The summed E-state index contributed by atoms with van der Waals surface area (Å²) in [6, 6.07) is 0. The normalized spacial score (nSPS) is 11.5. The fraction of sp³-hybridized carbons (Fsp3) is 1.00. The molecule has 0 saturated heterocycles. The van der Waals surface area contributed by atoms with Crippen molar-refractivity contribution in [3.05, 3.63) is 0 Å². The summed E-state index contributed by atoms with van der Waals surface area (Å²) >= 11 is 0. The van der Waals surface area contributed by atoms with Crippen LogP contribution < -0.4 is 12.4 Å². The minimum absolute atomic E-state index is 0. The number of halogens is 1. The van der Waals surface area contributed by atoms with E-state index in [1.54, 1.807) is 0 Å². The average Bonchev–Trinajstić information content (AvgIpc) is 2.51. The van der Waals surface area contributed by atoms with Crippen molar-refractivity contribution < 1.29 is 22.0 Å². The SMILES string of the molecule is CCCCCCCCCCCCCCCCC[N+](C)(C)CCO.[Cl-]. The lowest BCUT2D eigenvalue weighted by Crippen LogP contribution is -3.00. The largest absolute Gasteiger partial charge is 1.00 e. The van der Waals surface area contributed by atoms with Crippen LogP contribution in [0.3, 0.4) is 0 Å². The van der Waals surface area contributed by atoms with Crippen LogP contribution in [0, 0.1) is 0 Å². The van der Waals surface area contributed by atoms with Crippen molar-refractivity contribution in [2.24, 2.45) is 0 Å². The molecule has 0 aliphatic carbocycles. The monoisotopic (exact) mass is 363 g/mol. The van der Waals surface area contributed by atoms with Gasteiger partial charge in [0.2, 0.25) is 0 Å². The van der Waals surface area contributed by atoms with Gasteiger partial charge in [-0.15, -0.1) is 0 Å². The summed E-state index contributed by atoms with van der Waals surface area (Å²) in [5.41, 5.74) is 0. The van der Waals surface area contributed by atoms with Crippen LogP contribution in [0.25, 0.3) is 0 Å². The van der Waals surface area contributed by atoms with Crippen LogP contribution in [0.5, 0.6) is 0 Å². The lowest BCUT2D eigenvalue weighted by Gasteiger charge is -2.28. The molecule has 0 bridgehead atoms. The zero-order valence-electron chi connectivity index (χ0n) is 17.0. The smallest absolute Gasteiger partial charge is 0.102 e. The van der Waals surface area contributed by atoms with Crippen molar-refractivity contribution in [1.82, 2.24) is 0 Å². The Hall–Kier alpha value is 0.210. The van der Waals surface area contributed by atoms with Gasteiger partial charge < -0.3 is 22.0 Å². The summed E-state index contributed by atoms with van der Waals surface area (Å²) in [4.78, 5) is 0. The van der Waals surface area contributed by atoms with E-state index in [0.717, 1.165) is 11.0 Å². The van der Waals surface area contributed by atoms with E-state index in [1.165, 1.54) is 103 Å². The van der Waals surface area contributed by atoms with E-state index in [9.17, 15) is 0 Å². The molecule has 3 heteroatoms. The van der Waals surface area contributed by atoms with Gasteiger partial charge in [-0.2, -0.15) is 0 Å². The van der Waals surface area contributed by atoms with E-state index in [0.29, 0.717) is 6.61 Å². The third kappa shape index (κ3) is 20.3. The number of hydrogen-bond acceptors (Lipinski definition) is 1. The zero-order chi connectivity index (χ0) is 17.2. The Balaban J connectivity index is 0. The Morgan fingerprint density at radius 1 is 0.542 bits per heavy atom. The molecule has 0 aromatic heterocycles. The molecular formula is C21H46ClNO. The molecule has 148 valence electrons. The van der Waals surface area contributed by atoms with Crippen molar-refractivity contribution in [3.63, 3.8) is 0 Å². The molecule has 0 radical (unpaired) electrons. The van der Waals surface area contributed by atoms with Crippen LogP contribution in [0.4, 0.5) is 0 Å². The third-order valence-corrected chi connectivity index (χ3v) is 5.07. The quantitative estimate of drug-likeness (QED) is 0.293. The highest BCUT2D eigenvalue weighted by atomic mass is 35.5. The molecule has 0 heterocycles. The summed E-state index contributed by atoms with van der Waals surface area (Å²) in [5.74, 6) is 0. The molecule has 0 unspecified atom stereocenters. The maximum atomic E-state index is 9.01. The molecule has 0 rings (SSSR count). The third-order valence-electron chi connectivity index (χ3n) is 5.07. The fourth-order valence-electron chi connectivity index (χ4n) is 3.29. The van der Waals surface area contributed by atoms with Gasteiger partial charge in [0.15, 0.2) is 0 Å². The van der Waals surface area contributed by atoms with Crippen molar-refractivity contribution in [1.29, 1.82) is 0 Å². The molecule has 0 amide bonds. The van der Waals surface area contributed by atoms with Crippen molar-refractivity contribution in [3.8, 4) is 0 Å². The average molecular weight is 364 g/mol. The molecule has 2 nitrogen and oxygen atoms in total. The van der Waals surface area contributed by atoms with Gasteiger partial charge in [0.25, 0.3) is 0 Å². The molecule has 0 aromatic rings. The summed E-state index contributed by atoms with van der Waals surface area (Å²) in [5, 5.41) is 9.01. The number of nitrogens with zero attached hydrogens (tertiary/aromatic N) is 1. The zero-order valence-corrected chi connectivity index (χ0v) is 17.8. The summed E-state index contributed by atoms with van der Waals surface area (Å²) in [7, 11) is 4.44. The molecular weight excluding hydrogens is 318 g/mol. The number of aliphatic hydroxyl groups is 1. The van der Waals surface area contributed by atoms with Gasteiger partial charge in [0, 0.05) is 0 Å². The molecule has 0 aromatic carbocycles. The first-order valence-electron chi connectivity index (χ1n) is 10.6. The summed E-state index contributed by atoms with van der Waals surface area (Å²) < 4.78 is 0.967. The maximum absolute atomic E-state index is 9.01. The van der Waals surface area contributed by atoms with Gasteiger partial charge in [-0.1, -0.05) is 90.4 Å². The van der Waals surface area contributed by atoms with Gasteiger partial charge >= 0.3 is 0 Å².